The summed E-state index contributed by atoms with van der Waals surface area (Å²) >= 11 is 0. The third kappa shape index (κ3) is 2.79. The molecule has 0 amide bonds. The summed E-state index contributed by atoms with van der Waals surface area (Å²) in [7, 11) is 1.79. The van der Waals surface area contributed by atoms with Gasteiger partial charge in [-0.25, -0.2) is 0 Å². The molecule has 0 fully saturated rings. The Morgan fingerprint density at radius 2 is 2.14 bits per heavy atom. The Morgan fingerprint density at radius 1 is 1.29 bits per heavy atom. The van der Waals surface area contributed by atoms with Crippen LogP contribution in [0.2, 0.25) is 0 Å². The Hall–Kier alpha value is -2.24. The van der Waals surface area contributed by atoms with Crippen LogP contribution in [0.4, 0.5) is 5.95 Å². The average Bonchev–Trinajstić information content (AvgIpc) is 2.90. The lowest BCUT2D eigenvalue weighted by molar-refractivity contribution is 0.220. The molecule has 3 rings (SSSR count). The second kappa shape index (κ2) is 5.63. The van der Waals surface area contributed by atoms with Gasteiger partial charge in [0.25, 0.3) is 0 Å². The third-order valence-electron chi connectivity index (χ3n) is 3.47. The summed E-state index contributed by atoms with van der Waals surface area (Å²) in [6, 6.07) is 4.46. The maximum atomic E-state index is 5.62. The van der Waals surface area contributed by atoms with Gasteiger partial charge in [-0.1, -0.05) is 6.07 Å². The first-order valence-corrected chi connectivity index (χ1v) is 7.21. The highest BCUT2D eigenvalue weighted by Crippen LogP contribution is 2.35. The zero-order chi connectivity index (χ0) is 14.8. The SMILES string of the molecule is CNc1nc(OC(C)C)nc(C2CCc3cccnc32)n1. The van der Waals surface area contributed by atoms with E-state index in [-0.39, 0.29) is 12.0 Å². The van der Waals surface area contributed by atoms with E-state index in [0.717, 1.165) is 24.4 Å². The number of hydrogen-bond acceptors (Lipinski definition) is 6. The van der Waals surface area contributed by atoms with Gasteiger partial charge in [0.2, 0.25) is 5.95 Å². The summed E-state index contributed by atoms with van der Waals surface area (Å²) in [5.74, 6) is 1.37. The van der Waals surface area contributed by atoms with Crippen LogP contribution in [-0.2, 0) is 6.42 Å². The summed E-state index contributed by atoms with van der Waals surface area (Å²) < 4.78 is 5.62. The molecule has 1 aliphatic rings. The van der Waals surface area contributed by atoms with Crippen molar-refractivity contribution in [3.63, 3.8) is 0 Å². The number of hydrogen-bond donors (Lipinski definition) is 1. The Kier molecular flexibility index (Phi) is 3.68. The fraction of sp³-hybridized carbons (Fsp3) is 0.467. The highest BCUT2D eigenvalue weighted by molar-refractivity contribution is 5.35. The number of aryl methyl sites for hydroxylation is 1. The van der Waals surface area contributed by atoms with Crippen molar-refractivity contribution < 1.29 is 4.74 Å². The van der Waals surface area contributed by atoms with Crippen LogP contribution in [0.15, 0.2) is 18.3 Å². The van der Waals surface area contributed by atoms with E-state index in [2.05, 4.69) is 31.3 Å². The molecule has 110 valence electrons. The van der Waals surface area contributed by atoms with Crippen LogP contribution in [0.25, 0.3) is 0 Å². The Labute approximate surface area is 124 Å². The first-order chi connectivity index (χ1) is 10.2. The van der Waals surface area contributed by atoms with Crippen molar-refractivity contribution in [2.24, 2.45) is 0 Å². The Balaban J connectivity index is 1.99. The van der Waals surface area contributed by atoms with Gasteiger partial charge in [-0.2, -0.15) is 15.0 Å². The second-order valence-corrected chi connectivity index (χ2v) is 5.36. The molecule has 21 heavy (non-hydrogen) atoms. The normalized spacial score (nSPS) is 16.9. The number of ether oxygens (including phenoxy) is 1. The molecule has 1 N–H and O–H groups in total. The van der Waals surface area contributed by atoms with E-state index >= 15 is 0 Å². The lowest BCUT2D eigenvalue weighted by Gasteiger charge is -2.13. The van der Waals surface area contributed by atoms with E-state index in [1.807, 2.05) is 26.1 Å². The molecule has 1 aliphatic carbocycles. The van der Waals surface area contributed by atoms with Crippen LogP contribution in [0, 0.1) is 0 Å². The molecule has 0 radical (unpaired) electrons. The van der Waals surface area contributed by atoms with Crippen LogP contribution in [0.5, 0.6) is 6.01 Å². The fourth-order valence-electron chi connectivity index (χ4n) is 2.57. The number of nitrogens with zero attached hydrogens (tertiary/aromatic N) is 4. The van der Waals surface area contributed by atoms with Crippen molar-refractivity contribution in [3.8, 4) is 6.01 Å². The Bertz CT molecular complexity index is 644. The molecular formula is C15H19N5O. The van der Waals surface area contributed by atoms with Crippen molar-refractivity contribution >= 4 is 5.95 Å². The van der Waals surface area contributed by atoms with Gasteiger partial charge >= 0.3 is 6.01 Å². The van der Waals surface area contributed by atoms with Gasteiger partial charge in [0.05, 0.1) is 17.7 Å². The van der Waals surface area contributed by atoms with Gasteiger partial charge in [-0.05, 0) is 38.3 Å². The molecule has 0 bridgehead atoms. The number of fused-ring (bicyclic) bond motifs is 1. The predicted molar refractivity (Wildman–Crippen MR) is 79.5 cm³/mol. The second-order valence-electron chi connectivity index (χ2n) is 5.36. The molecule has 2 heterocycles. The monoisotopic (exact) mass is 285 g/mol. The summed E-state index contributed by atoms with van der Waals surface area (Å²) in [6.07, 6.45) is 3.83. The third-order valence-corrected chi connectivity index (χ3v) is 3.47. The summed E-state index contributed by atoms with van der Waals surface area (Å²) in [6.45, 7) is 3.91. The maximum Gasteiger partial charge on any atom is 0.321 e. The molecule has 0 aliphatic heterocycles. The molecule has 2 aromatic heterocycles. The van der Waals surface area contributed by atoms with Gasteiger partial charge in [-0.3, -0.25) is 4.98 Å². The number of aromatic nitrogens is 4. The molecular weight excluding hydrogens is 266 g/mol. The Morgan fingerprint density at radius 3 is 2.90 bits per heavy atom. The van der Waals surface area contributed by atoms with E-state index in [1.54, 1.807) is 7.05 Å². The average molecular weight is 285 g/mol. The molecule has 2 aromatic rings. The van der Waals surface area contributed by atoms with Crippen LogP contribution in [-0.4, -0.2) is 33.1 Å². The van der Waals surface area contributed by atoms with E-state index in [0.29, 0.717) is 12.0 Å². The van der Waals surface area contributed by atoms with Gasteiger partial charge < -0.3 is 10.1 Å². The van der Waals surface area contributed by atoms with Crippen LogP contribution < -0.4 is 10.1 Å². The van der Waals surface area contributed by atoms with Crippen LogP contribution in [0.1, 0.15) is 43.3 Å². The largest absolute Gasteiger partial charge is 0.461 e. The molecule has 0 saturated carbocycles. The first-order valence-electron chi connectivity index (χ1n) is 7.21. The molecule has 1 atom stereocenters. The topological polar surface area (TPSA) is 72.8 Å². The maximum absolute atomic E-state index is 5.62. The minimum Gasteiger partial charge on any atom is -0.461 e. The van der Waals surface area contributed by atoms with Crippen molar-refractivity contribution in [2.75, 3.05) is 12.4 Å². The number of nitrogens with one attached hydrogen (secondary N) is 1. The molecule has 0 aromatic carbocycles. The van der Waals surface area contributed by atoms with Crippen molar-refractivity contribution in [1.82, 2.24) is 19.9 Å². The fourth-order valence-corrected chi connectivity index (χ4v) is 2.57. The van der Waals surface area contributed by atoms with Crippen LogP contribution >= 0.6 is 0 Å². The van der Waals surface area contributed by atoms with Gasteiger partial charge in [-0.15, -0.1) is 0 Å². The standard InChI is InChI=1S/C15H19N5O/c1-9(2)21-15-19-13(18-14(16-3)20-15)11-7-6-10-5-4-8-17-12(10)11/h4-5,8-9,11H,6-7H2,1-3H3,(H,16,18,19,20). The van der Waals surface area contributed by atoms with E-state index in [1.165, 1.54) is 5.56 Å². The lowest BCUT2D eigenvalue weighted by Crippen LogP contribution is -2.14. The van der Waals surface area contributed by atoms with Crippen molar-refractivity contribution in [2.45, 2.75) is 38.7 Å². The predicted octanol–water partition coefficient (Wildman–Crippen LogP) is 2.17. The summed E-state index contributed by atoms with van der Waals surface area (Å²) in [4.78, 5) is 17.7. The molecule has 0 saturated heterocycles. The van der Waals surface area contributed by atoms with E-state index < -0.39 is 0 Å². The van der Waals surface area contributed by atoms with Gasteiger partial charge in [0, 0.05) is 13.2 Å². The van der Waals surface area contributed by atoms with Gasteiger partial charge in [0.1, 0.15) is 5.82 Å². The highest BCUT2D eigenvalue weighted by Gasteiger charge is 2.28. The number of anilines is 1. The molecule has 0 spiro atoms. The molecule has 1 unspecified atom stereocenters. The zero-order valence-corrected chi connectivity index (χ0v) is 12.5. The first kappa shape index (κ1) is 13.7. The van der Waals surface area contributed by atoms with Crippen LogP contribution in [0.3, 0.4) is 0 Å². The minimum atomic E-state index is 0.0268. The number of pyridine rings is 1. The highest BCUT2D eigenvalue weighted by atomic mass is 16.5. The number of rotatable bonds is 4. The zero-order valence-electron chi connectivity index (χ0n) is 12.5. The van der Waals surface area contributed by atoms with Crippen molar-refractivity contribution in [1.29, 1.82) is 0 Å². The quantitative estimate of drug-likeness (QED) is 0.928. The van der Waals surface area contributed by atoms with Crippen molar-refractivity contribution in [3.05, 3.63) is 35.4 Å². The molecule has 6 heteroatoms. The van der Waals surface area contributed by atoms with E-state index in [9.17, 15) is 0 Å². The smallest absolute Gasteiger partial charge is 0.321 e. The summed E-state index contributed by atoms with van der Waals surface area (Å²) in [5, 5.41) is 2.97. The minimum absolute atomic E-state index is 0.0268. The van der Waals surface area contributed by atoms with Gasteiger partial charge in [0.15, 0.2) is 0 Å². The summed E-state index contributed by atoms with van der Waals surface area (Å²) in [5.41, 5.74) is 2.35. The lowest BCUT2D eigenvalue weighted by atomic mass is 10.1. The van der Waals surface area contributed by atoms with E-state index in [4.69, 9.17) is 4.74 Å². The molecule has 6 nitrogen and oxygen atoms in total.